The number of amides is 1. The maximum Gasteiger partial charge on any atom is 0.240 e. The minimum Gasteiger partial charge on any atom is -0.361 e. The fourth-order valence-corrected chi connectivity index (χ4v) is 3.63. The molecule has 0 fully saturated rings. The van der Waals surface area contributed by atoms with Crippen molar-refractivity contribution in [2.75, 3.05) is 21.1 Å². The van der Waals surface area contributed by atoms with Crippen LogP contribution in [0.5, 0.6) is 0 Å². The quantitative estimate of drug-likeness (QED) is 0.577. The van der Waals surface area contributed by atoms with E-state index in [1.807, 2.05) is 0 Å². The van der Waals surface area contributed by atoms with Crippen LogP contribution in [0, 0.1) is 11.6 Å². The zero-order valence-corrected chi connectivity index (χ0v) is 17.2. The highest BCUT2D eigenvalue weighted by Gasteiger charge is 2.30. The van der Waals surface area contributed by atoms with Gasteiger partial charge in [-0.05, 0) is 49.8 Å². The van der Waals surface area contributed by atoms with Gasteiger partial charge in [0.25, 0.3) is 0 Å². The summed E-state index contributed by atoms with van der Waals surface area (Å²) in [7, 11) is 5.02. The molecule has 30 heavy (non-hydrogen) atoms. The Morgan fingerprint density at radius 3 is 2.37 bits per heavy atom. The van der Waals surface area contributed by atoms with E-state index < -0.39 is 12.1 Å². The zero-order valence-electron chi connectivity index (χ0n) is 17.2. The van der Waals surface area contributed by atoms with Crippen LogP contribution in [0.1, 0.15) is 11.1 Å². The molecule has 1 aromatic heterocycles. The zero-order chi connectivity index (χ0) is 21.8. The second-order valence-corrected chi connectivity index (χ2v) is 7.61. The fraction of sp³-hybridized carbons (Fsp3) is 0.304. The number of carbonyl (C=O) groups excluding carboxylic acids is 2. The Morgan fingerprint density at radius 1 is 1.00 bits per heavy atom. The van der Waals surface area contributed by atoms with Crippen LogP contribution in [-0.4, -0.2) is 60.2 Å². The SMILES string of the molecule is CN(C)C(Cc1ccccc1F)C(=O)N(C)C(C=O)Cc1c[nH]c2cccc(F)c12. The van der Waals surface area contributed by atoms with E-state index in [0.29, 0.717) is 28.3 Å². The molecule has 3 rings (SSSR count). The lowest BCUT2D eigenvalue weighted by molar-refractivity contribution is -0.139. The van der Waals surface area contributed by atoms with Gasteiger partial charge < -0.3 is 14.7 Å². The van der Waals surface area contributed by atoms with Gasteiger partial charge >= 0.3 is 0 Å². The molecule has 1 heterocycles. The summed E-state index contributed by atoms with van der Waals surface area (Å²) in [6.45, 7) is 0. The Hall–Kier alpha value is -3.06. The van der Waals surface area contributed by atoms with Gasteiger partial charge in [-0.1, -0.05) is 24.3 Å². The van der Waals surface area contributed by atoms with Gasteiger partial charge in [-0.25, -0.2) is 8.78 Å². The molecule has 1 amide bonds. The normalized spacial score (nSPS) is 13.4. The van der Waals surface area contributed by atoms with Gasteiger partial charge in [0.15, 0.2) is 0 Å². The Bertz CT molecular complexity index is 1050. The van der Waals surface area contributed by atoms with E-state index in [1.54, 1.807) is 62.6 Å². The second kappa shape index (κ2) is 9.17. The summed E-state index contributed by atoms with van der Waals surface area (Å²) in [4.78, 5) is 31.1. The molecular weight excluding hydrogens is 388 g/mol. The maximum atomic E-state index is 14.3. The van der Waals surface area contributed by atoms with Gasteiger partial charge in [-0.2, -0.15) is 0 Å². The van der Waals surface area contributed by atoms with E-state index in [9.17, 15) is 18.4 Å². The van der Waals surface area contributed by atoms with Gasteiger partial charge in [0.2, 0.25) is 5.91 Å². The lowest BCUT2D eigenvalue weighted by atomic mass is 10.0. The number of nitrogens with one attached hydrogen (secondary N) is 1. The number of benzene rings is 2. The first kappa shape index (κ1) is 21.6. The van der Waals surface area contributed by atoms with Gasteiger partial charge in [0.1, 0.15) is 17.9 Å². The Labute approximate surface area is 174 Å². The molecular formula is C23H25F2N3O2. The number of fused-ring (bicyclic) bond motifs is 1. The van der Waals surface area contributed by atoms with Gasteiger partial charge in [-0.3, -0.25) is 9.69 Å². The Kier molecular flexibility index (Phi) is 6.62. The fourth-order valence-electron chi connectivity index (χ4n) is 3.63. The van der Waals surface area contributed by atoms with Crippen molar-refractivity contribution in [2.45, 2.75) is 24.9 Å². The average molecular weight is 413 g/mol. The minimum absolute atomic E-state index is 0.173. The number of H-pyrrole nitrogens is 1. The molecule has 0 spiro atoms. The van der Waals surface area contributed by atoms with Crippen LogP contribution in [-0.2, 0) is 22.4 Å². The molecule has 2 atom stereocenters. The van der Waals surface area contributed by atoms with E-state index in [2.05, 4.69) is 4.98 Å². The van der Waals surface area contributed by atoms with Crippen molar-refractivity contribution < 1.29 is 18.4 Å². The van der Waals surface area contributed by atoms with Crippen LogP contribution < -0.4 is 0 Å². The van der Waals surface area contributed by atoms with E-state index in [4.69, 9.17) is 0 Å². The summed E-state index contributed by atoms with van der Waals surface area (Å²) >= 11 is 0. The summed E-state index contributed by atoms with van der Waals surface area (Å²) < 4.78 is 28.4. The highest BCUT2D eigenvalue weighted by molar-refractivity contribution is 5.86. The Morgan fingerprint density at radius 2 is 1.70 bits per heavy atom. The minimum atomic E-state index is -0.779. The van der Waals surface area contributed by atoms with Crippen molar-refractivity contribution in [3.63, 3.8) is 0 Å². The highest BCUT2D eigenvalue weighted by atomic mass is 19.1. The molecule has 0 aliphatic rings. The number of nitrogens with zero attached hydrogens (tertiary/aromatic N) is 2. The van der Waals surface area contributed by atoms with Gasteiger partial charge in [0, 0.05) is 30.6 Å². The molecule has 0 aliphatic carbocycles. The van der Waals surface area contributed by atoms with Crippen LogP contribution in [0.2, 0.25) is 0 Å². The molecule has 0 aliphatic heterocycles. The molecule has 0 saturated heterocycles. The number of rotatable bonds is 8. The number of carbonyl (C=O) groups is 2. The van der Waals surface area contributed by atoms with E-state index in [0.717, 1.165) is 0 Å². The molecule has 5 nitrogen and oxygen atoms in total. The molecule has 7 heteroatoms. The van der Waals surface area contributed by atoms with E-state index in [1.165, 1.54) is 17.0 Å². The van der Waals surface area contributed by atoms with Crippen LogP contribution in [0.4, 0.5) is 8.78 Å². The molecule has 158 valence electrons. The van der Waals surface area contributed by atoms with Crippen molar-refractivity contribution in [1.82, 2.24) is 14.8 Å². The first-order valence-corrected chi connectivity index (χ1v) is 9.69. The predicted molar refractivity (Wildman–Crippen MR) is 112 cm³/mol. The smallest absolute Gasteiger partial charge is 0.240 e. The van der Waals surface area contributed by atoms with Crippen molar-refractivity contribution in [3.05, 3.63) is 71.4 Å². The van der Waals surface area contributed by atoms with Crippen molar-refractivity contribution in [2.24, 2.45) is 0 Å². The summed E-state index contributed by atoms with van der Waals surface area (Å²) in [6.07, 6.45) is 2.70. The second-order valence-electron chi connectivity index (χ2n) is 7.61. The number of hydrogen-bond acceptors (Lipinski definition) is 3. The molecule has 2 aromatic carbocycles. The first-order chi connectivity index (χ1) is 14.3. The maximum absolute atomic E-state index is 14.3. The van der Waals surface area contributed by atoms with Crippen molar-refractivity contribution >= 4 is 23.1 Å². The standard InChI is InChI=1S/C23H25F2N3O2/c1-27(2)21(12-15-7-4-5-8-18(15)24)23(30)28(3)17(14-29)11-16-13-26-20-10-6-9-19(25)22(16)20/h4-10,13-14,17,21,26H,11-12H2,1-3H3. The van der Waals surface area contributed by atoms with Crippen LogP contribution in [0.25, 0.3) is 10.9 Å². The van der Waals surface area contributed by atoms with E-state index >= 15 is 0 Å². The van der Waals surface area contributed by atoms with Gasteiger partial charge in [0.05, 0.1) is 12.1 Å². The summed E-state index contributed by atoms with van der Waals surface area (Å²) in [5.74, 6) is -1.06. The molecule has 0 radical (unpaired) electrons. The van der Waals surface area contributed by atoms with E-state index in [-0.39, 0.29) is 30.4 Å². The first-order valence-electron chi connectivity index (χ1n) is 9.69. The molecule has 1 N–H and O–H groups in total. The lowest BCUT2D eigenvalue weighted by Crippen LogP contribution is -2.50. The van der Waals surface area contributed by atoms with Crippen molar-refractivity contribution in [3.8, 4) is 0 Å². The molecule has 3 aromatic rings. The van der Waals surface area contributed by atoms with Crippen LogP contribution >= 0.6 is 0 Å². The molecule has 0 saturated carbocycles. The summed E-state index contributed by atoms with van der Waals surface area (Å²) in [5, 5.41) is 0.417. The number of halogens is 2. The van der Waals surface area contributed by atoms with Gasteiger partial charge in [-0.15, -0.1) is 0 Å². The third kappa shape index (κ3) is 4.41. The topological polar surface area (TPSA) is 56.4 Å². The molecule has 2 unspecified atom stereocenters. The number of aldehydes is 1. The third-order valence-electron chi connectivity index (χ3n) is 5.45. The predicted octanol–water partition coefficient (Wildman–Crippen LogP) is 3.19. The number of aromatic nitrogens is 1. The summed E-state index contributed by atoms with van der Waals surface area (Å²) in [5.41, 5.74) is 1.68. The average Bonchev–Trinajstić information content (AvgIpc) is 3.14. The number of aromatic amines is 1. The summed E-state index contributed by atoms with van der Waals surface area (Å²) in [6, 6.07) is 9.62. The highest BCUT2D eigenvalue weighted by Crippen LogP contribution is 2.23. The Balaban J connectivity index is 1.82. The number of likely N-dealkylation sites (N-methyl/N-ethyl adjacent to an activating group) is 2. The van der Waals surface area contributed by atoms with Crippen LogP contribution in [0.15, 0.2) is 48.7 Å². The van der Waals surface area contributed by atoms with Crippen LogP contribution in [0.3, 0.4) is 0 Å². The monoisotopic (exact) mass is 413 g/mol. The number of hydrogen-bond donors (Lipinski definition) is 1. The third-order valence-corrected chi connectivity index (χ3v) is 5.45. The largest absolute Gasteiger partial charge is 0.361 e. The molecule has 0 bridgehead atoms. The van der Waals surface area contributed by atoms with Crippen molar-refractivity contribution in [1.29, 1.82) is 0 Å². The lowest BCUT2D eigenvalue weighted by Gasteiger charge is -2.31.